The molecule has 18 heavy (non-hydrogen) atoms. The Hall–Kier alpha value is -2.04. The van der Waals surface area contributed by atoms with Gasteiger partial charge in [-0.1, -0.05) is 30.3 Å². The number of rotatable bonds is 2. The summed E-state index contributed by atoms with van der Waals surface area (Å²) in [5.74, 6) is -1.97. The van der Waals surface area contributed by atoms with Gasteiger partial charge in [-0.25, -0.2) is 0 Å². The maximum atomic E-state index is 12.6. The van der Waals surface area contributed by atoms with E-state index in [4.69, 9.17) is 4.74 Å². The van der Waals surface area contributed by atoms with Crippen molar-refractivity contribution < 1.29 is 22.7 Å². The van der Waals surface area contributed by atoms with Crippen LogP contribution >= 0.6 is 0 Å². The fourth-order valence-corrected chi connectivity index (χ4v) is 1.80. The Balaban J connectivity index is 2.77. The number of Topliss-reactive ketones (excluding diaryl/α,β-unsaturated/α-hetero) is 1. The number of benzene rings is 2. The molecular weight excluding hydrogens is 245 g/mol. The monoisotopic (exact) mass is 254 g/mol. The summed E-state index contributed by atoms with van der Waals surface area (Å²) in [6.45, 7) is 0. The van der Waals surface area contributed by atoms with E-state index in [9.17, 15) is 18.0 Å². The zero-order chi connectivity index (χ0) is 13.3. The highest BCUT2D eigenvalue weighted by Gasteiger charge is 2.41. The minimum atomic E-state index is -4.92. The van der Waals surface area contributed by atoms with Crippen LogP contribution in [0.5, 0.6) is 5.75 Å². The lowest BCUT2D eigenvalue weighted by atomic mass is 10.00. The summed E-state index contributed by atoms with van der Waals surface area (Å²) >= 11 is 0. The molecule has 0 saturated heterocycles. The standard InChI is InChI=1S/C13H9F3O2/c1-18-10-7-6-8-4-2-3-5-9(8)11(10)12(17)13(14,15)16/h2-7H,1H3. The van der Waals surface area contributed by atoms with Crippen LogP contribution in [0.4, 0.5) is 13.2 Å². The van der Waals surface area contributed by atoms with Crippen molar-refractivity contribution in [3.63, 3.8) is 0 Å². The third-order valence-corrected chi connectivity index (χ3v) is 2.60. The molecular formula is C13H9F3O2. The van der Waals surface area contributed by atoms with Gasteiger partial charge < -0.3 is 4.74 Å². The van der Waals surface area contributed by atoms with Gasteiger partial charge in [-0.05, 0) is 16.8 Å². The first-order valence-corrected chi connectivity index (χ1v) is 5.12. The molecule has 0 saturated carbocycles. The third kappa shape index (κ3) is 2.03. The first-order valence-electron chi connectivity index (χ1n) is 5.12. The molecule has 2 aromatic carbocycles. The van der Waals surface area contributed by atoms with Gasteiger partial charge in [-0.2, -0.15) is 13.2 Å². The molecule has 0 radical (unpaired) electrons. The van der Waals surface area contributed by atoms with Gasteiger partial charge in [0.05, 0.1) is 12.7 Å². The summed E-state index contributed by atoms with van der Waals surface area (Å²) in [6.07, 6.45) is -4.92. The van der Waals surface area contributed by atoms with E-state index in [2.05, 4.69) is 0 Å². The lowest BCUT2D eigenvalue weighted by Gasteiger charge is -2.12. The number of halogens is 3. The summed E-state index contributed by atoms with van der Waals surface area (Å²) in [5.41, 5.74) is -0.442. The molecule has 0 aliphatic rings. The molecule has 0 spiro atoms. The molecule has 0 aliphatic carbocycles. The number of fused-ring (bicyclic) bond motifs is 1. The smallest absolute Gasteiger partial charge is 0.455 e. The fraction of sp³-hybridized carbons (Fsp3) is 0.154. The predicted molar refractivity (Wildman–Crippen MR) is 60.9 cm³/mol. The van der Waals surface area contributed by atoms with Crippen molar-refractivity contribution in [1.29, 1.82) is 0 Å². The Morgan fingerprint density at radius 3 is 2.39 bits per heavy atom. The van der Waals surface area contributed by atoms with Crippen LogP contribution in [0, 0.1) is 0 Å². The number of ether oxygens (including phenoxy) is 1. The molecule has 0 N–H and O–H groups in total. The maximum Gasteiger partial charge on any atom is 0.455 e. The summed E-state index contributed by atoms with van der Waals surface area (Å²) in [5, 5.41) is 0.796. The topological polar surface area (TPSA) is 26.3 Å². The average Bonchev–Trinajstić information content (AvgIpc) is 2.35. The van der Waals surface area contributed by atoms with Gasteiger partial charge >= 0.3 is 6.18 Å². The zero-order valence-electron chi connectivity index (χ0n) is 9.41. The van der Waals surface area contributed by atoms with E-state index in [-0.39, 0.29) is 11.1 Å². The molecule has 0 heterocycles. The zero-order valence-corrected chi connectivity index (χ0v) is 9.41. The van der Waals surface area contributed by atoms with Crippen LogP contribution < -0.4 is 4.74 Å². The molecule has 2 aromatic rings. The Morgan fingerprint density at radius 1 is 1.11 bits per heavy atom. The molecule has 0 atom stereocenters. The van der Waals surface area contributed by atoms with Gasteiger partial charge in [0.2, 0.25) is 0 Å². The first kappa shape index (κ1) is 12.4. The first-order chi connectivity index (χ1) is 8.45. The fourth-order valence-electron chi connectivity index (χ4n) is 1.80. The van der Waals surface area contributed by atoms with Crippen LogP contribution in [0.25, 0.3) is 10.8 Å². The average molecular weight is 254 g/mol. The Kier molecular flexibility index (Phi) is 2.98. The molecule has 94 valence electrons. The summed E-state index contributed by atoms with van der Waals surface area (Å²) in [6, 6.07) is 9.35. The number of ketones is 1. The van der Waals surface area contributed by atoms with Crippen molar-refractivity contribution in [1.82, 2.24) is 0 Å². The summed E-state index contributed by atoms with van der Waals surface area (Å²) < 4.78 is 42.6. The van der Waals surface area contributed by atoms with Crippen molar-refractivity contribution in [2.75, 3.05) is 7.11 Å². The quantitative estimate of drug-likeness (QED) is 0.765. The Morgan fingerprint density at radius 2 is 1.78 bits per heavy atom. The van der Waals surface area contributed by atoms with Crippen LogP contribution in [0.15, 0.2) is 36.4 Å². The molecule has 2 nitrogen and oxygen atoms in total. The highest BCUT2D eigenvalue weighted by Crippen LogP contribution is 2.33. The van der Waals surface area contributed by atoms with E-state index < -0.39 is 17.5 Å². The summed E-state index contributed by atoms with van der Waals surface area (Å²) in [7, 11) is 1.23. The second kappa shape index (κ2) is 4.33. The van der Waals surface area contributed by atoms with Crippen molar-refractivity contribution >= 4 is 16.6 Å². The number of methoxy groups -OCH3 is 1. The lowest BCUT2D eigenvalue weighted by molar-refractivity contribution is -0.0885. The van der Waals surface area contributed by atoms with Gasteiger partial charge in [0.15, 0.2) is 0 Å². The molecule has 0 amide bonds. The Labute approximate surface area is 101 Å². The third-order valence-electron chi connectivity index (χ3n) is 2.60. The molecule has 5 heteroatoms. The van der Waals surface area contributed by atoms with Crippen LogP contribution in [0.1, 0.15) is 10.4 Å². The number of carbonyl (C=O) groups excluding carboxylic acids is 1. The molecule has 0 aromatic heterocycles. The van der Waals surface area contributed by atoms with Gasteiger partial charge in [0, 0.05) is 0 Å². The largest absolute Gasteiger partial charge is 0.496 e. The van der Waals surface area contributed by atoms with Gasteiger partial charge in [-0.3, -0.25) is 4.79 Å². The minimum Gasteiger partial charge on any atom is -0.496 e. The summed E-state index contributed by atoms with van der Waals surface area (Å²) in [4.78, 5) is 11.5. The van der Waals surface area contributed by atoms with Gasteiger partial charge in [0.1, 0.15) is 5.75 Å². The highest BCUT2D eigenvalue weighted by atomic mass is 19.4. The van der Waals surface area contributed by atoms with E-state index in [0.717, 1.165) is 0 Å². The second-order valence-corrected chi connectivity index (χ2v) is 3.69. The number of hydrogen-bond donors (Lipinski definition) is 0. The van der Waals surface area contributed by atoms with E-state index in [1.807, 2.05) is 0 Å². The second-order valence-electron chi connectivity index (χ2n) is 3.69. The predicted octanol–water partition coefficient (Wildman–Crippen LogP) is 3.59. The van der Waals surface area contributed by atoms with Crippen LogP contribution in [0.3, 0.4) is 0 Å². The van der Waals surface area contributed by atoms with Gasteiger partial charge in [0.25, 0.3) is 5.78 Å². The molecule has 0 aliphatic heterocycles. The van der Waals surface area contributed by atoms with Crippen LogP contribution in [0.2, 0.25) is 0 Å². The number of alkyl halides is 3. The SMILES string of the molecule is COc1ccc2ccccc2c1C(=O)C(F)(F)F. The molecule has 2 rings (SSSR count). The highest BCUT2D eigenvalue weighted by molar-refractivity contribution is 6.12. The van der Waals surface area contributed by atoms with Gasteiger partial charge in [-0.15, -0.1) is 0 Å². The Bertz CT molecular complexity index is 603. The van der Waals surface area contributed by atoms with Crippen molar-refractivity contribution in [2.45, 2.75) is 6.18 Å². The molecule has 0 fully saturated rings. The number of hydrogen-bond acceptors (Lipinski definition) is 2. The van der Waals surface area contributed by atoms with E-state index >= 15 is 0 Å². The maximum absolute atomic E-state index is 12.6. The normalized spacial score (nSPS) is 11.6. The van der Waals surface area contributed by atoms with Crippen LogP contribution in [-0.2, 0) is 0 Å². The number of carbonyl (C=O) groups is 1. The molecule has 0 unspecified atom stereocenters. The van der Waals surface area contributed by atoms with Crippen molar-refractivity contribution in [3.8, 4) is 5.75 Å². The van der Waals surface area contributed by atoms with E-state index in [1.54, 1.807) is 24.3 Å². The minimum absolute atomic E-state index is 0.0731. The van der Waals surface area contributed by atoms with Crippen molar-refractivity contribution in [2.24, 2.45) is 0 Å². The van der Waals surface area contributed by atoms with Crippen LogP contribution in [-0.4, -0.2) is 19.1 Å². The lowest BCUT2D eigenvalue weighted by Crippen LogP contribution is -2.23. The molecule has 0 bridgehead atoms. The van der Waals surface area contributed by atoms with E-state index in [1.165, 1.54) is 19.2 Å². The van der Waals surface area contributed by atoms with E-state index in [0.29, 0.717) is 5.39 Å². The van der Waals surface area contributed by atoms with Crippen molar-refractivity contribution in [3.05, 3.63) is 42.0 Å².